The summed E-state index contributed by atoms with van der Waals surface area (Å²) in [5.41, 5.74) is 6.12. The summed E-state index contributed by atoms with van der Waals surface area (Å²) in [6, 6.07) is 0.214. The van der Waals surface area contributed by atoms with Crippen LogP contribution in [0.3, 0.4) is 0 Å². The smallest absolute Gasteiger partial charge is 0.0828 e. The Kier molecular flexibility index (Phi) is 3.94. The Balaban J connectivity index is 2.27. The second-order valence-electron chi connectivity index (χ2n) is 3.95. The SMILES string of the molecule is C=CCCCC(N)C1(OC)CCC1. The molecule has 0 radical (unpaired) electrons. The van der Waals surface area contributed by atoms with E-state index < -0.39 is 0 Å². The van der Waals surface area contributed by atoms with Gasteiger partial charge in [0, 0.05) is 13.2 Å². The van der Waals surface area contributed by atoms with Gasteiger partial charge in [-0.2, -0.15) is 0 Å². The molecule has 0 spiro atoms. The standard InChI is InChI=1S/C11H21NO/c1-3-4-5-7-10(12)11(13-2)8-6-9-11/h3,10H,1,4-9,12H2,2H3. The predicted octanol–water partition coefficient (Wildman–Crippen LogP) is 2.24. The Bertz CT molecular complexity index is 158. The summed E-state index contributed by atoms with van der Waals surface area (Å²) in [6.45, 7) is 3.70. The lowest BCUT2D eigenvalue weighted by atomic mass is 9.73. The van der Waals surface area contributed by atoms with E-state index in [2.05, 4.69) is 6.58 Å². The molecule has 1 rings (SSSR count). The second-order valence-corrected chi connectivity index (χ2v) is 3.95. The van der Waals surface area contributed by atoms with Crippen molar-refractivity contribution in [2.24, 2.45) is 5.73 Å². The highest BCUT2D eigenvalue weighted by Gasteiger charge is 2.42. The number of hydrogen-bond donors (Lipinski definition) is 1. The van der Waals surface area contributed by atoms with Crippen LogP contribution in [0.1, 0.15) is 38.5 Å². The fourth-order valence-electron chi connectivity index (χ4n) is 2.00. The molecular weight excluding hydrogens is 162 g/mol. The van der Waals surface area contributed by atoms with E-state index in [4.69, 9.17) is 10.5 Å². The lowest BCUT2D eigenvalue weighted by Crippen LogP contribution is -2.54. The van der Waals surface area contributed by atoms with Crippen LogP contribution in [0.4, 0.5) is 0 Å². The van der Waals surface area contributed by atoms with Crippen molar-refractivity contribution in [2.75, 3.05) is 7.11 Å². The molecule has 1 aliphatic rings. The molecule has 1 aliphatic carbocycles. The Labute approximate surface area is 81.1 Å². The van der Waals surface area contributed by atoms with Crippen LogP contribution in [-0.4, -0.2) is 18.8 Å². The maximum atomic E-state index is 6.11. The molecule has 0 amide bonds. The average molecular weight is 183 g/mol. The minimum absolute atomic E-state index is 0.0150. The highest BCUT2D eigenvalue weighted by Crippen LogP contribution is 2.38. The van der Waals surface area contributed by atoms with Crippen LogP contribution in [0, 0.1) is 0 Å². The van der Waals surface area contributed by atoms with E-state index in [1.807, 2.05) is 6.08 Å². The van der Waals surface area contributed by atoms with E-state index >= 15 is 0 Å². The van der Waals surface area contributed by atoms with Crippen molar-refractivity contribution >= 4 is 0 Å². The van der Waals surface area contributed by atoms with Gasteiger partial charge >= 0.3 is 0 Å². The largest absolute Gasteiger partial charge is 0.377 e. The molecule has 0 bridgehead atoms. The maximum Gasteiger partial charge on any atom is 0.0828 e. The zero-order chi connectivity index (χ0) is 9.73. The number of nitrogens with two attached hydrogens (primary N) is 1. The van der Waals surface area contributed by atoms with Gasteiger partial charge in [0.2, 0.25) is 0 Å². The molecule has 1 fully saturated rings. The molecule has 0 heterocycles. The fraction of sp³-hybridized carbons (Fsp3) is 0.818. The predicted molar refractivity (Wildman–Crippen MR) is 55.6 cm³/mol. The quantitative estimate of drug-likeness (QED) is 0.506. The van der Waals surface area contributed by atoms with E-state index in [0.717, 1.165) is 32.1 Å². The molecule has 0 aromatic rings. The number of unbranched alkanes of at least 4 members (excludes halogenated alkanes) is 1. The van der Waals surface area contributed by atoms with Crippen molar-refractivity contribution in [1.29, 1.82) is 0 Å². The Hall–Kier alpha value is -0.340. The molecule has 1 atom stereocenters. The first-order chi connectivity index (χ1) is 6.25. The van der Waals surface area contributed by atoms with Gasteiger partial charge in [0.05, 0.1) is 5.60 Å². The van der Waals surface area contributed by atoms with E-state index in [1.165, 1.54) is 6.42 Å². The van der Waals surface area contributed by atoms with Crippen LogP contribution in [0.25, 0.3) is 0 Å². The number of rotatable bonds is 6. The fourth-order valence-corrected chi connectivity index (χ4v) is 2.00. The van der Waals surface area contributed by atoms with Crippen molar-refractivity contribution in [1.82, 2.24) is 0 Å². The lowest BCUT2D eigenvalue weighted by Gasteiger charge is -2.45. The molecule has 2 N–H and O–H groups in total. The Morgan fingerprint density at radius 1 is 1.62 bits per heavy atom. The third kappa shape index (κ3) is 2.32. The third-order valence-electron chi connectivity index (χ3n) is 3.21. The summed E-state index contributed by atoms with van der Waals surface area (Å²) in [6.07, 6.45) is 8.75. The molecule has 0 aromatic carbocycles. The van der Waals surface area contributed by atoms with E-state index in [1.54, 1.807) is 7.11 Å². The molecule has 13 heavy (non-hydrogen) atoms. The first-order valence-electron chi connectivity index (χ1n) is 5.17. The molecule has 1 unspecified atom stereocenters. The van der Waals surface area contributed by atoms with Crippen LogP contribution in [-0.2, 0) is 4.74 Å². The Morgan fingerprint density at radius 2 is 2.31 bits per heavy atom. The summed E-state index contributed by atoms with van der Waals surface area (Å²) in [5.74, 6) is 0. The van der Waals surface area contributed by atoms with Gasteiger partial charge in [0.25, 0.3) is 0 Å². The molecule has 0 saturated heterocycles. The van der Waals surface area contributed by atoms with Crippen molar-refractivity contribution in [3.63, 3.8) is 0 Å². The monoisotopic (exact) mass is 183 g/mol. The minimum atomic E-state index is 0.0150. The lowest BCUT2D eigenvalue weighted by molar-refractivity contribution is -0.0916. The highest BCUT2D eigenvalue weighted by molar-refractivity contribution is 4.98. The third-order valence-corrected chi connectivity index (χ3v) is 3.21. The maximum absolute atomic E-state index is 6.11. The number of methoxy groups -OCH3 is 1. The highest BCUT2D eigenvalue weighted by atomic mass is 16.5. The van der Waals surface area contributed by atoms with Crippen LogP contribution >= 0.6 is 0 Å². The normalized spacial score (nSPS) is 22.0. The summed E-state index contributed by atoms with van der Waals surface area (Å²) in [7, 11) is 1.78. The zero-order valence-corrected chi connectivity index (χ0v) is 8.59. The van der Waals surface area contributed by atoms with Crippen LogP contribution in [0.5, 0.6) is 0 Å². The van der Waals surface area contributed by atoms with Crippen molar-refractivity contribution in [3.8, 4) is 0 Å². The van der Waals surface area contributed by atoms with Crippen molar-refractivity contribution in [2.45, 2.75) is 50.2 Å². The van der Waals surface area contributed by atoms with Gasteiger partial charge < -0.3 is 10.5 Å². The molecule has 1 saturated carbocycles. The van der Waals surface area contributed by atoms with E-state index in [-0.39, 0.29) is 11.6 Å². The van der Waals surface area contributed by atoms with Gasteiger partial charge in [-0.25, -0.2) is 0 Å². The van der Waals surface area contributed by atoms with Gasteiger partial charge in [-0.05, 0) is 38.5 Å². The number of hydrogen-bond acceptors (Lipinski definition) is 2. The van der Waals surface area contributed by atoms with E-state index in [9.17, 15) is 0 Å². The Morgan fingerprint density at radius 3 is 2.69 bits per heavy atom. The van der Waals surface area contributed by atoms with Gasteiger partial charge in [0.1, 0.15) is 0 Å². The van der Waals surface area contributed by atoms with Gasteiger partial charge in [-0.1, -0.05) is 6.08 Å². The molecule has 2 nitrogen and oxygen atoms in total. The van der Waals surface area contributed by atoms with Crippen LogP contribution in [0.2, 0.25) is 0 Å². The van der Waals surface area contributed by atoms with Gasteiger partial charge in [0.15, 0.2) is 0 Å². The average Bonchev–Trinajstić information content (AvgIpc) is 2.04. The second kappa shape index (κ2) is 4.77. The summed E-state index contributed by atoms with van der Waals surface area (Å²) < 4.78 is 5.52. The summed E-state index contributed by atoms with van der Waals surface area (Å²) in [5, 5.41) is 0. The zero-order valence-electron chi connectivity index (χ0n) is 8.59. The van der Waals surface area contributed by atoms with Gasteiger partial charge in [-0.15, -0.1) is 6.58 Å². The number of allylic oxidation sites excluding steroid dienone is 1. The molecular formula is C11H21NO. The van der Waals surface area contributed by atoms with Crippen molar-refractivity contribution < 1.29 is 4.74 Å². The first kappa shape index (κ1) is 10.7. The summed E-state index contributed by atoms with van der Waals surface area (Å²) >= 11 is 0. The molecule has 76 valence electrons. The number of ether oxygens (including phenoxy) is 1. The molecule has 0 aromatic heterocycles. The van der Waals surface area contributed by atoms with Gasteiger partial charge in [-0.3, -0.25) is 0 Å². The van der Waals surface area contributed by atoms with E-state index in [0.29, 0.717) is 0 Å². The summed E-state index contributed by atoms with van der Waals surface area (Å²) in [4.78, 5) is 0. The van der Waals surface area contributed by atoms with Crippen LogP contribution < -0.4 is 5.73 Å². The topological polar surface area (TPSA) is 35.2 Å². The van der Waals surface area contributed by atoms with Crippen molar-refractivity contribution in [3.05, 3.63) is 12.7 Å². The molecule has 0 aliphatic heterocycles. The van der Waals surface area contributed by atoms with Crippen LogP contribution in [0.15, 0.2) is 12.7 Å². The molecule has 2 heteroatoms. The first-order valence-corrected chi connectivity index (χ1v) is 5.17. The minimum Gasteiger partial charge on any atom is -0.377 e.